The van der Waals surface area contributed by atoms with Crippen LogP contribution in [0.15, 0.2) is 36.5 Å². The Morgan fingerprint density at radius 3 is 2.31 bits per heavy atom. The van der Waals surface area contributed by atoms with E-state index in [-0.39, 0.29) is 0 Å². The van der Waals surface area contributed by atoms with Crippen molar-refractivity contribution < 1.29 is 8.68 Å². The standard InChI is InChI=1S/C15H18N/c1-11-8-9-14(16(4)10-11)15-12(2)6-5-7-13(15)3/h5-10H,1-4H3/q+1/i1D3. The molecule has 1 aromatic heterocycles. The third-order valence-electron chi connectivity index (χ3n) is 2.87. The van der Waals surface area contributed by atoms with Crippen molar-refractivity contribution in [2.75, 3.05) is 0 Å². The zero-order valence-electron chi connectivity index (χ0n) is 12.9. The van der Waals surface area contributed by atoms with E-state index in [0.717, 1.165) is 5.69 Å². The molecule has 0 fully saturated rings. The molecule has 1 aromatic carbocycles. The third kappa shape index (κ3) is 1.85. The Morgan fingerprint density at radius 2 is 1.75 bits per heavy atom. The maximum atomic E-state index is 7.45. The van der Waals surface area contributed by atoms with E-state index < -0.39 is 6.85 Å². The van der Waals surface area contributed by atoms with Gasteiger partial charge in [-0.05, 0) is 37.9 Å². The number of aromatic nitrogens is 1. The lowest BCUT2D eigenvalue weighted by atomic mass is 9.99. The van der Waals surface area contributed by atoms with Gasteiger partial charge < -0.3 is 0 Å². The number of pyridine rings is 1. The van der Waals surface area contributed by atoms with Gasteiger partial charge in [-0.25, -0.2) is 4.57 Å². The van der Waals surface area contributed by atoms with Gasteiger partial charge in [0, 0.05) is 15.7 Å². The van der Waals surface area contributed by atoms with Gasteiger partial charge in [0.25, 0.3) is 0 Å². The van der Waals surface area contributed by atoms with Crippen LogP contribution in [-0.4, -0.2) is 0 Å². The molecule has 2 aromatic rings. The summed E-state index contributed by atoms with van der Waals surface area (Å²) >= 11 is 0. The second-order valence-electron chi connectivity index (χ2n) is 4.18. The van der Waals surface area contributed by atoms with E-state index in [1.165, 1.54) is 16.7 Å². The van der Waals surface area contributed by atoms with Crippen LogP contribution in [0.1, 0.15) is 20.8 Å². The monoisotopic (exact) mass is 215 g/mol. The van der Waals surface area contributed by atoms with Crippen molar-refractivity contribution >= 4 is 0 Å². The second kappa shape index (κ2) is 4.09. The second-order valence-corrected chi connectivity index (χ2v) is 4.18. The lowest BCUT2D eigenvalue weighted by Gasteiger charge is -2.07. The van der Waals surface area contributed by atoms with Crippen molar-refractivity contribution in [1.82, 2.24) is 0 Å². The summed E-state index contributed by atoms with van der Waals surface area (Å²) in [6.07, 6.45) is 1.69. The lowest BCUT2D eigenvalue weighted by Crippen LogP contribution is -2.31. The van der Waals surface area contributed by atoms with Crippen LogP contribution in [0.4, 0.5) is 0 Å². The number of rotatable bonds is 1. The predicted molar refractivity (Wildman–Crippen MR) is 67.3 cm³/mol. The molecule has 0 bridgehead atoms. The van der Waals surface area contributed by atoms with Crippen LogP contribution in [0.5, 0.6) is 0 Å². The molecule has 0 atom stereocenters. The van der Waals surface area contributed by atoms with E-state index in [1.54, 1.807) is 12.3 Å². The fraction of sp³-hybridized carbons (Fsp3) is 0.267. The van der Waals surface area contributed by atoms with Crippen molar-refractivity contribution in [2.24, 2.45) is 7.05 Å². The topological polar surface area (TPSA) is 3.88 Å². The largest absolute Gasteiger partial charge is 0.212 e. The highest BCUT2D eigenvalue weighted by Crippen LogP contribution is 2.24. The van der Waals surface area contributed by atoms with Gasteiger partial charge in [0.05, 0.1) is 5.56 Å². The summed E-state index contributed by atoms with van der Waals surface area (Å²) in [5.74, 6) is 0. The first kappa shape index (κ1) is 7.61. The van der Waals surface area contributed by atoms with Crippen LogP contribution in [-0.2, 0) is 7.05 Å². The highest BCUT2D eigenvalue weighted by atomic mass is 14.9. The first-order valence-corrected chi connectivity index (χ1v) is 5.37. The van der Waals surface area contributed by atoms with Gasteiger partial charge >= 0.3 is 0 Å². The summed E-state index contributed by atoms with van der Waals surface area (Å²) in [5.41, 5.74) is 4.95. The minimum atomic E-state index is -2.06. The maximum Gasteiger partial charge on any atom is 0.212 e. The van der Waals surface area contributed by atoms with Crippen LogP contribution >= 0.6 is 0 Å². The summed E-state index contributed by atoms with van der Waals surface area (Å²) in [7, 11) is 1.89. The quantitative estimate of drug-likeness (QED) is 0.644. The molecule has 1 heterocycles. The van der Waals surface area contributed by atoms with Gasteiger partial charge in [0.15, 0.2) is 6.20 Å². The first-order chi connectivity index (χ1) is 8.80. The highest BCUT2D eigenvalue weighted by Gasteiger charge is 2.13. The number of hydrogen-bond acceptors (Lipinski definition) is 0. The smallest absolute Gasteiger partial charge is 0.201 e. The molecule has 1 nitrogen and oxygen atoms in total. The maximum absolute atomic E-state index is 7.45. The zero-order chi connectivity index (χ0) is 14.2. The number of benzene rings is 1. The van der Waals surface area contributed by atoms with Crippen molar-refractivity contribution in [2.45, 2.75) is 20.7 Å². The van der Waals surface area contributed by atoms with Crippen LogP contribution in [0.25, 0.3) is 11.3 Å². The Balaban J connectivity index is 2.59. The van der Waals surface area contributed by atoms with Crippen LogP contribution < -0.4 is 4.57 Å². The van der Waals surface area contributed by atoms with E-state index in [0.29, 0.717) is 5.56 Å². The molecule has 0 aliphatic rings. The zero-order valence-corrected chi connectivity index (χ0v) is 9.91. The molecule has 0 saturated carbocycles. The van der Waals surface area contributed by atoms with Gasteiger partial charge in [0.2, 0.25) is 5.69 Å². The van der Waals surface area contributed by atoms with E-state index in [2.05, 4.69) is 26.0 Å². The molecule has 0 unspecified atom stereocenters. The molecular weight excluding hydrogens is 194 g/mol. The van der Waals surface area contributed by atoms with Gasteiger partial charge in [-0.3, -0.25) is 0 Å². The van der Waals surface area contributed by atoms with Crippen LogP contribution in [0.3, 0.4) is 0 Å². The van der Waals surface area contributed by atoms with Gasteiger partial charge in [-0.2, -0.15) is 0 Å². The Hall–Kier alpha value is -1.63. The van der Waals surface area contributed by atoms with Crippen molar-refractivity contribution in [3.63, 3.8) is 0 Å². The molecule has 16 heavy (non-hydrogen) atoms. The van der Waals surface area contributed by atoms with Crippen molar-refractivity contribution in [3.05, 3.63) is 53.2 Å². The summed E-state index contributed by atoms with van der Waals surface area (Å²) in [6.45, 7) is 2.08. The third-order valence-corrected chi connectivity index (χ3v) is 2.87. The molecular formula is C15H18N+. The lowest BCUT2D eigenvalue weighted by molar-refractivity contribution is -0.660. The molecule has 0 radical (unpaired) electrons. The predicted octanol–water partition coefficient (Wildman–Crippen LogP) is 3.10. The van der Waals surface area contributed by atoms with Crippen molar-refractivity contribution in [1.29, 1.82) is 0 Å². The average Bonchev–Trinajstić information content (AvgIpc) is 2.29. The molecule has 0 amide bonds. The van der Waals surface area contributed by atoms with E-state index in [4.69, 9.17) is 4.11 Å². The summed E-state index contributed by atoms with van der Waals surface area (Å²) in [5, 5.41) is 0. The molecule has 0 saturated heterocycles. The molecule has 0 aliphatic carbocycles. The molecule has 82 valence electrons. The minimum absolute atomic E-state index is 0.366. The fourth-order valence-corrected chi connectivity index (χ4v) is 2.09. The number of aryl methyl sites for hydroxylation is 4. The minimum Gasteiger partial charge on any atom is -0.201 e. The molecule has 0 N–H and O–H groups in total. The van der Waals surface area contributed by atoms with Crippen LogP contribution in [0.2, 0.25) is 0 Å². The van der Waals surface area contributed by atoms with E-state index >= 15 is 0 Å². The average molecular weight is 215 g/mol. The molecule has 1 heteroatoms. The summed E-state index contributed by atoms with van der Waals surface area (Å²) < 4.78 is 24.2. The number of hydrogen-bond donors (Lipinski definition) is 0. The van der Waals surface area contributed by atoms with E-state index in [1.807, 2.05) is 23.7 Å². The molecule has 0 spiro atoms. The number of nitrogens with zero attached hydrogens (tertiary/aromatic N) is 1. The van der Waals surface area contributed by atoms with E-state index in [9.17, 15) is 0 Å². The van der Waals surface area contributed by atoms with Crippen molar-refractivity contribution in [3.8, 4) is 11.3 Å². The highest BCUT2D eigenvalue weighted by molar-refractivity contribution is 5.65. The summed E-state index contributed by atoms with van der Waals surface area (Å²) in [4.78, 5) is 0. The normalized spacial score (nSPS) is 14.1. The van der Waals surface area contributed by atoms with Crippen LogP contribution in [0, 0.1) is 20.7 Å². The van der Waals surface area contributed by atoms with Gasteiger partial charge in [-0.1, -0.05) is 18.2 Å². The Kier molecular flexibility index (Phi) is 1.95. The molecule has 2 rings (SSSR count). The van der Waals surface area contributed by atoms with Gasteiger partial charge in [0.1, 0.15) is 7.05 Å². The first-order valence-electron chi connectivity index (χ1n) is 6.87. The Morgan fingerprint density at radius 1 is 1.06 bits per heavy atom. The Bertz CT molecular complexity index is 595. The van der Waals surface area contributed by atoms with Gasteiger partial charge in [-0.15, -0.1) is 0 Å². The molecule has 0 aliphatic heterocycles. The Labute approximate surface area is 102 Å². The summed E-state index contributed by atoms with van der Waals surface area (Å²) in [6, 6.07) is 9.75. The SMILES string of the molecule is [2H]C([2H])([2H])c1ccc(-c2c(C)cccc2C)[n+](C)c1. The fourth-order valence-electron chi connectivity index (χ4n) is 2.09.